The molecular weight excluding hydrogens is 228 g/mol. The van der Waals surface area contributed by atoms with Crippen molar-refractivity contribution < 1.29 is 12.6 Å². The number of rotatable bonds is 3. The van der Waals surface area contributed by atoms with Gasteiger partial charge in [0.1, 0.15) is 6.10 Å². The average Bonchev–Trinajstić information content (AvgIpc) is 2.02. The van der Waals surface area contributed by atoms with E-state index in [1.165, 1.54) is 12.4 Å². The third kappa shape index (κ3) is 3.57. The zero-order valence-corrected chi connectivity index (χ0v) is 9.21. The van der Waals surface area contributed by atoms with E-state index in [4.69, 9.17) is 15.8 Å². The predicted molar refractivity (Wildman–Crippen MR) is 51.4 cm³/mol. The second kappa shape index (κ2) is 4.20. The normalized spacial score (nSPS) is 13.9. The van der Waals surface area contributed by atoms with Crippen molar-refractivity contribution >= 4 is 21.7 Å². The molecule has 0 aliphatic rings. The van der Waals surface area contributed by atoms with Gasteiger partial charge in [-0.25, -0.2) is 9.97 Å². The first-order chi connectivity index (χ1) is 6.38. The molecule has 0 N–H and O–H groups in total. The van der Waals surface area contributed by atoms with Crippen LogP contribution < -0.4 is 0 Å². The van der Waals surface area contributed by atoms with Gasteiger partial charge in [0, 0.05) is 18.0 Å². The van der Waals surface area contributed by atoms with E-state index in [-0.39, 0.29) is 5.28 Å². The van der Waals surface area contributed by atoms with Crippen molar-refractivity contribution in [3.8, 4) is 0 Å². The van der Waals surface area contributed by atoms with Crippen molar-refractivity contribution in [3.63, 3.8) is 0 Å². The molecule has 1 atom stereocenters. The highest BCUT2D eigenvalue weighted by Crippen LogP contribution is 2.17. The lowest BCUT2D eigenvalue weighted by molar-refractivity contribution is 0.236. The topological polar surface area (TPSA) is 69.2 Å². The minimum atomic E-state index is -3.47. The summed E-state index contributed by atoms with van der Waals surface area (Å²) in [6.45, 7) is 1.59. The Balaban J connectivity index is 2.80. The number of hydrogen-bond donors (Lipinski definition) is 0. The number of hydrogen-bond acceptors (Lipinski definition) is 5. The number of nitrogens with zero attached hydrogens (tertiary/aromatic N) is 2. The molecule has 0 amide bonds. The van der Waals surface area contributed by atoms with Crippen molar-refractivity contribution in [2.24, 2.45) is 0 Å². The van der Waals surface area contributed by atoms with Gasteiger partial charge in [-0.3, -0.25) is 4.18 Å². The zero-order chi connectivity index (χ0) is 10.8. The van der Waals surface area contributed by atoms with Gasteiger partial charge in [-0.1, -0.05) is 0 Å². The Morgan fingerprint density at radius 2 is 1.93 bits per heavy atom. The molecule has 0 aliphatic heterocycles. The smallest absolute Gasteiger partial charge is 0.262 e. The highest BCUT2D eigenvalue weighted by atomic mass is 35.5. The van der Waals surface area contributed by atoms with E-state index < -0.39 is 16.2 Å². The highest BCUT2D eigenvalue weighted by Gasteiger charge is 2.13. The Morgan fingerprint density at radius 3 is 2.36 bits per heavy atom. The Morgan fingerprint density at radius 1 is 1.43 bits per heavy atom. The molecule has 1 heterocycles. The highest BCUT2D eigenvalue weighted by molar-refractivity contribution is 7.86. The second-order valence-corrected chi connectivity index (χ2v) is 4.67. The van der Waals surface area contributed by atoms with E-state index in [9.17, 15) is 8.42 Å². The SMILES string of the molecule is C[C@H](OS(C)(=O)=O)c1cnc(Cl)nc1. The predicted octanol–water partition coefficient (Wildman–Crippen LogP) is 1.17. The van der Waals surface area contributed by atoms with Crippen LogP contribution >= 0.6 is 11.6 Å². The van der Waals surface area contributed by atoms with Gasteiger partial charge in [0.15, 0.2) is 0 Å². The molecule has 0 spiro atoms. The molecule has 1 rings (SSSR count). The number of aromatic nitrogens is 2. The quantitative estimate of drug-likeness (QED) is 0.582. The molecule has 0 radical (unpaired) electrons. The van der Waals surface area contributed by atoms with Gasteiger partial charge < -0.3 is 0 Å². The average molecular weight is 237 g/mol. The summed E-state index contributed by atoms with van der Waals surface area (Å²) >= 11 is 5.47. The first kappa shape index (κ1) is 11.4. The van der Waals surface area contributed by atoms with Crippen LogP contribution in [0.3, 0.4) is 0 Å². The lowest BCUT2D eigenvalue weighted by Gasteiger charge is -2.09. The summed E-state index contributed by atoms with van der Waals surface area (Å²) in [4.78, 5) is 7.42. The monoisotopic (exact) mass is 236 g/mol. The van der Waals surface area contributed by atoms with Crippen LogP contribution in [0.15, 0.2) is 12.4 Å². The summed E-state index contributed by atoms with van der Waals surface area (Å²) in [5.74, 6) is 0. The molecule has 0 saturated heterocycles. The molecule has 1 aromatic heterocycles. The zero-order valence-electron chi connectivity index (χ0n) is 7.64. The first-order valence-corrected chi connectivity index (χ1v) is 5.93. The van der Waals surface area contributed by atoms with Gasteiger partial charge in [-0.15, -0.1) is 0 Å². The van der Waals surface area contributed by atoms with Crippen molar-refractivity contribution in [2.75, 3.05) is 6.26 Å². The van der Waals surface area contributed by atoms with E-state index in [0.717, 1.165) is 6.26 Å². The van der Waals surface area contributed by atoms with E-state index in [1.54, 1.807) is 6.92 Å². The standard InChI is InChI=1S/C7H9ClN2O3S/c1-5(13-14(2,11)12)6-3-9-7(8)10-4-6/h3-5H,1-2H3/t5-/m0/s1. The molecule has 78 valence electrons. The van der Waals surface area contributed by atoms with Crippen molar-refractivity contribution in [1.82, 2.24) is 9.97 Å². The van der Waals surface area contributed by atoms with Gasteiger partial charge in [0.25, 0.3) is 10.1 Å². The van der Waals surface area contributed by atoms with Gasteiger partial charge in [-0.2, -0.15) is 8.42 Å². The van der Waals surface area contributed by atoms with Gasteiger partial charge in [-0.05, 0) is 18.5 Å². The maximum atomic E-state index is 10.8. The fraction of sp³-hybridized carbons (Fsp3) is 0.429. The minimum Gasteiger partial charge on any atom is -0.262 e. The third-order valence-corrected chi connectivity index (χ3v) is 2.26. The molecule has 14 heavy (non-hydrogen) atoms. The van der Waals surface area contributed by atoms with Crippen LogP contribution in [0.5, 0.6) is 0 Å². The largest absolute Gasteiger partial charge is 0.264 e. The molecule has 5 nitrogen and oxygen atoms in total. The fourth-order valence-electron chi connectivity index (χ4n) is 0.850. The maximum Gasteiger partial charge on any atom is 0.264 e. The van der Waals surface area contributed by atoms with Crippen LogP contribution in [-0.4, -0.2) is 24.6 Å². The van der Waals surface area contributed by atoms with Crippen LogP contribution in [-0.2, 0) is 14.3 Å². The molecule has 0 aromatic carbocycles. The van der Waals surface area contributed by atoms with E-state index in [2.05, 4.69) is 9.97 Å². The Labute approximate surface area is 87.2 Å². The second-order valence-electron chi connectivity index (χ2n) is 2.73. The van der Waals surface area contributed by atoms with Crippen LogP contribution in [0.1, 0.15) is 18.6 Å². The summed E-state index contributed by atoms with van der Waals surface area (Å²) in [5, 5.41) is 0.111. The summed E-state index contributed by atoms with van der Waals surface area (Å²) in [5.41, 5.74) is 0.555. The Bertz CT molecular complexity index is 403. The van der Waals surface area contributed by atoms with Crippen molar-refractivity contribution in [2.45, 2.75) is 13.0 Å². The maximum absolute atomic E-state index is 10.8. The molecule has 0 fully saturated rings. The molecular formula is C7H9ClN2O3S. The molecule has 0 unspecified atom stereocenters. The lowest BCUT2D eigenvalue weighted by atomic mass is 10.2. The lowest BCUT2D eigenvalue weighted by Crippen LogP contribution is -2.08. The van der Waals surface area contributed by atoms with Crippen LogP contribution in [0, 0.1) is 0 Å². The summed E-state index contributed by atoms with van der Waals surface area (Å²) in [6.07, 6.45) is 3.22. The molecule has 0 aliphatic carbocycles. The van der Waals surface area contributed by atoms with E-state index in [1.807, 2.05) is 0 Å². The minimum absolute atomic E-state index is 0.111. The van der Waals surface area contributed by atoms with Gasteiger partial charge in [0.2, 0.25) is 5.28 Å². The Kier molecular flexibility index (Phi) is 3.41. The van der Waals surface area contributed by atoms with Crippen LogP contribution in [0.25, 0.3) is 0 Å². The van der Waals surface area contributed by atoms with Crippen molar-refractivity contribution in [3.05, 3.63) is 23.2 Å². The first-order valence-electron chi connectivity index (χ1n) is 3.74. The van der Waals surface area contributed by atoms with Crippen LogP contribution in [0.4, 0.5) is 0 Å². The fourth-order valence-corrected chi connectivity index (χ4v) is 1.58. The summed E-state index contributed by atoms with van der Waals surface area (Å²) in [7, 11) is -3.47. The molecule has 0 bridgehead atoms. The van der Waals surface area contributed by atoms with Crippen LogP contribution in [0.2, 0.25) is 5.28 Å². The summed E-state index contributed by atoms with van der Waals surface area (Å²) in [6, 6.07) is 0. The van der Waals surface area contributed by atoms with E-state index >= 15 is 0 Å². The van der Waals surface area contributed by atoms with Gasteiger partial charge >= 0.3 is 0 Å². The number of halogens is 1. The van der Waals surface area contributed by atoms with E-state index in [0.29, 0.717) is 5.56 Å². The molecule has 7 heteroatoms. The summed E-state index contributed by atoms with van der Waals surface area (Å²) < 4.78 is 26.3. The third-order valence-electron chi connectivity index (χ3n) is 1.43. The molecule has 0 saturated carbocycles. The van der Waals surface area contributed by atoms with Gasteiger partial charge in [0.05, 0.1) is 6.26 Å². The molecule has 1 aromatic rings. The van der Waals surface area contributed by atoms with Crippen molar-refractivity contribution in [1.29, 1.82) is 0 Å². The Hall–Kier alpha value is -0.720.